The van der Waals surface area contributed by atoms with Crippen molar-refractivity contribution in [2.45, 2.75) is 37.6 Å². The summed E-state index contributed by atoms with van der Waals surface area (Å²) in [6.07, 6.45) is 0. The molecule has 0 bridgehead atoms. The molecule has 0 aliphatic carbocycles. The second-order valence-corrected chi connectivity index (χ2v) is 10.0. The first-order chi connectivity index (χ1) is 12.4. The van der Waals surface area contributed by atoms with Crippen molar-refractivity contribution in [1.82, 2.24) is 19.0 Å². The Morgan fingerprint density at radius 2 is 1.74 bits per heavy atom. The van der Waals surface area contributed by atoms with Crippen LogP contribution in [0.15, 0.2) is 36.9 Å². The van der Waals surface area contributed by atoms with Crippen molar-refractivity contribution >= 4 is 37.0 Å². The van der Waals surface area contributed by atoms with E-state index in [4.69, 9.17) is 4.52 Å². The SMILES string of the molecule is Cn1c(=O)n(C)c2cc(S(=O)(=O)NCc3cc(C(C)(C)C)on3)c(Br)cc21. The lowest BCUT2D eigenvalue weighted by molar-refractivity contribution is 0.325. The van der Waals surface area contributed by atoms with Gasteiger partial charge in [-0.2, -0.15) is 0 Å². The van der Waals surface area contributed by atoms with Crippen LogP contribution in [0, 0.1) is 0 Å². The Morgan fingerprint density at radius 1 is 1.15 bits per heavy atom. The van der Waals surface area contributed by atoms with E-state index in [-0.39, 0.29) is 22.5 Å². The number of nitrogens with zero attached hydrogens (tertiary/aromatic N) is 3. The van der Waals surface area contributed by atoms with Gasteiger partial charge in [0.1, 0.15) is 5.76 Å². The smallest absolute Gasteiger partial charge is 0.328 e. The number of sulfonamides is 1. The molecule has 1 N–H and O–H groups in total. The minimum atomic E-state index is -3.83. The average Bonchev–Trinajstić information content (AvgIpc) is 3.13. The van der Waals surface area contributed by atoms with Crippen LogP contribution in [0.2, 0.25) is 0 Å². The Hall–Kier alpha value is -1.91. The Kier molecular flexibility index (Phi) is 4.86. The largest absolute Gasteiger partial charge is 0.361 e. The van der Waals surface area contributed by atoms with E-state index in [1.807, 2.05) is 20.8 Å². The predicted molar refractivity (Wildman–Crippen MR) is 105 cm³/mol. The van der Waals surface area contributed by atoms with Crippen molar-refractivity contribution in [3.8, 4) is 0 Å². The number of imidazole rings is 1. The molecule has 0 unspecified atom stereocenters. The molecule has 0 atom stereocenters. The molecule has 27 heavy (non-hydrogen) atoms. The first-order valence-electron chi connectivity index (χ1n) is 8.22. The maximum Gasteiger partial charge on any atom is 0.328 e. The number of nitrogens with one attached hydrogen (secondary N) is 1. The van der Waals surface area contributed by atoms with Crippen LogP contribution in [-0.2, 0) is 36.1 Å². The second kappa shape index (κ2) is 6.61. The lowest BCUT2D eigenvalue weighted by Crippen LogP contribution is -2.24. The van der Waals surface area contributed by atoms with E-state index in [0.29, 0.717) is 27.0 Å². The molecule has 2 aromatic heterocycles. The van der Waals surface area contributed by atoms with Crippen LogP contribution in [-0.4, -0.2) is 22.7 Å². The van der Waals surface area contributed by atoms with Crippen LogP contribution in [0.1, 0.15) is 32.2 Å². The molecule has 1 aromatic carbocycles. The predicted octanol–water partition coefficient (Wildman–Crippen LogP) is 2.40. The van der Waals surface area contributed by atoms with Crippen molar-refractivity contribution < 1.29 is 12.9 Å². The highest BCUT2D eigenvalue weighted by molar-refractivity contribution is 9.10. The third kappa shape index (κ3) is 3.61. The van der Waals surface area contributed by atoms with Gasteiger partial charge in [-0.25, -0.2) is 17.9 Å². The first kappa shape index (κ1) is 19.8. The lowest BCUT2D eigenvalue weighted by atomic mass is 9.93. The molecule has 0 spiro atoms. The number of aromatic nitrogens is 3. The fourth-order valence-electron chi connectivity index (χ4n) is 2.70. The Balaban J connectivity index is 1.93. The summed E-state index contributed by atoms with van der Waals surface area (Å²) in [4.78, 5) is 12.1. The van der Waals surface area contributed by atoms with Crippen LogP contribution < -0.4 is 10.4 Å². The minimum Gasteiger partial charge on any atom is -0.361 e. The summed E-state index contributed by atoms with van der Waals surface area (Å²) in [5, 5.41) is 3.92. The molecule has 10 heteroatoms. The van der Waals surface area contributed by atoms with Crippen LogP contribution in [0.5, 0.6) is 0 Å². The zero-order valence-electron chi connectivity index (χ0n) is 15.7. The summed E-state index contributed by atoms with van der Waals surface area (Å²) in [6.45, 7) is 5.95. The fraction of sp³-hybridized carbons (Fsp3) is 0.412. The first-order valence-corrected chi connectivity index (χ1v) is 10.5. The summed E-state index contributed by atoms with van der Waals surface area (Å²) in [7, 11) is -0.588. The zero-order valence-corrected chi connectivity index (χ0v) is 18.1. The Labute approximate surface area is 165 Å². The second-order valence-electron chi connectivity index (χ2n) is 7.43. The number of hydrogen-bond acceptors (Lipinski definition) is 5. The van der Waals surface area contributed by atoms with Gasteiger partial charge < -0.3 is 4.52 Å². The van der Waals surface area contributed by atoms with E-state index >= 15 is 0 Å². The highest BCUT2D eigenvalue weighted by atomic mass is 79.9. The summed E-state index contributed by atoms with van der Waals surface area (Å²) in [5.74, 6) is 0.679. The van der Waals surface area contributed by atoms with Crippen LogP contribution in [0.3, 0.4) is 0 Å². The molecular weight excluding hydrogens is 436 g/mol. The number of fused-ring (bicyclic) bond motifs is 1. The van der Waals surface area contributed by atoms with Crippen LogP contribution in [0.25, 0.3) is 11.0 Å². The van der Waals surface area contributed by atoms with Crippen molar-refractivity contribution in [2.75, 3.05) is 0 Å². The average molecular weight is 457 g/mol. The van der Waals surface area contributed by atoms with E-state index < -0.39 is 10.0 Å². The molecule has 0 amide bonds. The number of benzene rings is 1. The molecule has 0 radical (unpaired) electrons. The maximum atomic E-state index is 12.8. The summed E-state index contributed by atoms with van der Waals surface area (Å²) < 4.78 is 36.6. The minimum absolute atomic E-state index is 0.000110. The van der Waals surface area contributed by atoms with Crippen molar-refractivity contribution in [2.24, 2.45) is 14.1 Å². The summed E-state index contributed by atoms with van der Waals surface area (Å²) in [6, 6.07) is 4.84. The molecule has 3 rings (SSSR count). The molecule has 2 heterocycles. The monoisotopic (exact) mass is 456 g/mol. The number of halogens is 1. The van der Waals surface area contributed by atoms with Crippen LogP contribution in [0.4, 0.5) is 0 Å². The van der Waals surface area contributed by atoms with Gasteiger partial charge in [0.15, 0.2) is 0 Å². The van der Waals surface area contributed by atoms with Gasteiger partial charge in [0.25, 0.3) is 0 Å². The van der Waals surface area contributed by atoms with E-state index in [0.717, 1.165) is 0 Å². The van der Waals surface area contributed by atoms with Gasteiger partial charge in [-0.15, -0.1) is 0 Å². The van der Waals surface area contributed by atoms with Gasteiger partial charge in [-0.3, -0.25) is 9.13 Å². The normalized spacial score (nSPS) is 12.8. The molecule has 3 aromatic rings. The molecule has 146 valence electrons. The molecule has 0 saturated carbocycles. The number of aryl methyl sites for hydroxylation is 2. The highest BCUT2D eigenvalue weighted by Crippen LogP contribution is 2.28. The number of hydrogen-bond donors (Lipinski definition) is 1. The van der Waals surface area contributed by atoms with Gasteiger partial charge in [0.05, 0.1) is 28.2 Å². The van der Waals surface area contributed by atoms with Crippen molar-refractivity contribution in [3.05, 3.63) is 44.6 Å². The van der Waals surface area contributed by atoms with E-state index in [9.17, 15) is 13.2 Å². The van der Waals surface area contributed by atoms with Gasteiger partial charge in [0.2, 0.25) is 10.0 Å². The van der Waals surface area contributed by atoms with Gasteiger partial charge >= 0.3 is 5.69 Å². The third-order valence-electron chi connectivity index (χ3n) is 4.36. The van der Waals surface area contributed by atoms with Gasteiger partial charge in [-0.05, 0) is 28.1 Å². The Morgan fingerprint density at radius 3 is 2.30 bits per heavy atom. The standard InChI is InChI=1S/C17H21BrN4O4S/c1-17(2,3)15-6-10(20-26-15)9-19-27(24,25)14-8-13-12(7-11(14)18)21(4)16(23)22(13)5/h6-8,19H,9H2,1-5H3. The van der Waals surface area contributed by atoms with E-state index in [2.05, 4.69) is 25.8 Å². The third-order valence-corrected chi connectivity index (χ3v) is 6.72. The van der Waals surface area contributed by atoms with Crippen molar-refractivity contribution in [1.29, 1.82) is 0 Å². The molecule has 8 nitrogen and oxygen atoms in total. The topological polar surface area (TPSA) is 99.1 Å². The van der Waals surface area contributed by atoms with Crippen LogP contribution >= 0.6 is 15.9 Å². The lowest BCUT2D eigenvalue weighted by Gasteiger charge is -2.12. The summed E-state index contributed by atoms with van der Waals surface area (Å²) >= 11 is 3.30. The maximum absolute atomic E-state index is 12.8. The Bertz CT molecular complexity index is 1180. The fourth-order valence-corrected chi connectivity index (χ4v) is 4.75. The quantitative estimate of drug-likeness (QED) is 0.649. The molecule has 0 aliphatic rings. The highest BCUT2D eigenvalue weighted by Gasteiger charge is 2.23. The van der Waals surface area contributed by atoms with Gasteiger partial charge in [-0.1, -0.05) is 25.9 Å². The molecule has 0 fully saturated rings. The molecule has 0 aliphatic heterocycles. The molecule has 0 saturated heterocycles. The van der Waals surface area contributed by atoms with E-state index in [1.165, 1.54) is 15.2 Å². The molecular formula is C17H21BrN4O4S. The van der Waals surface area contributed by atoms with E-state index in [1.54, 1.807) is 26.2 Å². The summed E-state index contributed by atoms with van der Waals surface area (Å²) in [5.41, 5.74) is 1.22. The zero-order chi connectivity index (χ0) is 20.1. The van der Waals surface area contributed by atoms with Gasteiger partial charge in [0, 0.05) is 30.0 Å². The number of rotatable bonds is 4. The van der Waals surface area contributed by atoms with Crippen molar-refractivity contribution in [3.63, 3.8) is 0 Å².